The van der Waals surface area contributed by atoms with Crippen LogP contribution in [0.5, 0.6) is 0 Å². The van der Waals surface area contributed by atoms with Gasteiger partial charge in [0.1, 0.15) is 10.0 Å². The molecule has 0 spiro atoms. The summed E-state index contributed by atoms with van der Waals surface area (Å²) >= 11 is 5.65. The number of hydrogen-bond donors (Lipinski definition) is 1. The van der Waals surface area contributed by atoms with E-state index in [1.54, 1.807) is 0 Å². The molecule has 19 heavy (non-hydrogen) atoms. The van der Waals surface area contributed by atoms with E-state index >= 15 is 0 Å². The number of nitrogens with one attached hydrogen (secondary N) is 1. The van der Waals surface area contributed by atoms with Gasteiger partial charge in [0.2, 0.25) is 10.0 Å². The van der Waals surface area contributed by atoms with Crippen molar-refractivity contribution in [1.29, 1.82) is 0 Å². The maximum Gasteiger partial charge on any atom is 0.242 e. The molecule has 0 bridgehead atoms. The second kappa shape index (κ2) is 6.20. The highest BCUT2D eigenvalue weighted by Gasteiger charge is 2.23. The molecule has 1 aliphatic rings. The minimum atomic E-state index is -3.47. The van der Waals surface area contributed by atoms with Gasteiger partial charge in [-0.05, 0) is 30.4 Å². The second-order valence-electron chi connectivity index (χ2n) is 5.19. The smallest absolute Gasteiger partial charge is 0.242 e. The molecule has 1 fully saturated rings. The molecule has 2 unspecified atom stereocenters. The predicted molar refractivity (Wildman–Crippen MR) is 75.6 cm³/mol. The summed E-state index contributed by atoms with van der Waals surface area (Å²) in [6.45, 7) is 2.70. The minimum Gasteiger partial charge on any atom is -0.243 e. The lowest BCUT2D eigenvalue weighted by Gasteiger charge is -2.28. The van der Waals surface area contributed by atoms with Crippen LogP contribution in [0, 0.1) is 11.8 Å². The molecular formula is C13H19ClN2O2S. The molecule has 1 aromatic heterocycles. The van der Waals surface area contributed by atoms with E-state index in [0.717, 1.165) is 6.42 Å². The van der Waals surface area contributed by atoms with Crippen LogP contribution in [0.15, 0.2) is 23.2 Å². The molecule has 0 aromatic carbocycles. The van der Waals surface area contributed by atoms with Gasteiger partial charge in [-0.15, -0.1) is 0 Å². The number of halogens is 1. The first-order valence-electron chi connectivity index (χ1n) is 6.60. The highest BCUT2D eigenvalue weighted by Crippen LogP contribution is 2.29. The largest absolute Gasteiger partial charge is 0.243 e. The van der Waals surface area contributed by atoms with Crippen molar-refractivity contribution in [2.45, 2.75) is 37.5 Å². The molecule has 0 radical (unpaired) electrons. The van der Waals surface area contributed by atoms with Gasteiger partial charge in [0.05, 0.1) is 0 Å². The van der Waals surface area contributed by atoms with Gasteiger partial charge in [0.15, 0.2) is 0 Å². The number of aromatic nitrogens is 1. The summed E-state index contributed by atoms with van der Waals surface area (Å²) in [5, 5.41) is 0.292. The molecule has 0 amide bonds. The van der Waals surface area contributed by atoms with Gasteiger partial charge in [-0.3, -0.25) is 0 Å². The third-order valence-corrected chi connectivity index (χ3v) is 5.47. The summed E-state index contributed by atoms with van der Waals surface area (Å²) in [4.78, 5) is 3.97. The highest BCUT2D eigenvalue weighted by molar-refractivity contribution is 7.89. The Morgan fingerprint density at radius 2 is 2.11 bits per heavy atom. The SMILES string of the molecule is CC1CCCCC1CNS(=O)(=O)c1ccc(Cl)nc1. The first-order valence-corrected chi connectivity index (χ1v) is 8.46. The van der Waals surface area contributed by atoms with Crippen LogP contribution < -0.4 is 4.72 Å². The van der Waals surface area contributed by atoms with Crippen LogP contribution in [-0.4, -0.2) is 19.9 Å². The van der Waals surface area contributed by atoms with Crippen LogP contribution in [0.1, 0.15) is 32.6 Å². The van der Waals surface area contributed by atoms with Crippen molar-refractivity contribution in [3.63, 3.8) is 0 Å². The van der Waals surface area contributed by atoms with E-state index in [4.69, 9.17) is 11.6 Å². The number of rotatable bonds is 4. The lowest BCUT2D eigenvalue weighted by molar-refractivity contribution is 0.257. The van der Waals surface area contributed by atoms with Crippen molar-refractivity contribution in [3.8, 4) is 0 Å². The van der Waals surface area contributed by atoms with E-state index in [1.807, 2.05) is 0 Å². The number of nitrogens with zero attached hydrogens (tertiary/aromatic N) is 1. The van der Waals surface area contributed by atoms with Crippen LogP contribution in [-0.2, 0) is 10.0 Å². The zero-order chi connectivity index (χ0) is 13.9. The maximum absolute atomic E-state index is 12.1. The maximum atomic E-state index is 12.1. The van der Waals surface area contributed by atoms with Gasteiger partial charge < -0.3 is 0 Å². The molecule has 1 N–H and O–H groups in total. The van der Waals surface area contributed by atoms with Crippen molar-refractivity contribution in [2.75, 3.05) is 6.54 Å². The summed E-state index contributed by atoms with van der Waals surface area (Å²) < 4.78 is 26.9. The molecule has 0 aliphatic heterocycles. The fraction of sp³-hybridized carbons (Fsp3) is 0.615. The molecule has 0 saturated heterocycles. The molecule has 6 heteroatoms. The Labute approximate surface area is 119 Å². The quantitative estimate of drug-likeness (QED) is 0.870. The number of sulfonamides is 1. The standard InChI is InChI=1S/C13H19ClN2O2S/c1-10-4-2-3-5-11(10)8-16-19(17,18)12-6-7-13(14)15-9-12/h6-7,9-11,16H,2-5,8H2,1H3. The molecule has 1 aliphatic carbocycles. The fourth-order valence-electron chi connectivity index (χ4n) is 2.52. The molecule has 106 valence electrons. The van der Waals surface area contributed by atoms with E-state index in [0.29, 0.717) is 23.5 Å². The van der Waals surface area contributed by atoms with Crippen molar-refractivity contribution in [1.82, 2.24) is 9.71 Å². The Morgan fingerprint density at radius 3 is 2.74 bits per heavy atom. The average molecular weight is 303 g/mol. The molecular weight excluding hydrogens is 284 g/mol. The van der Waals surface area contributed by atoms with Gasteiger partial charge in [-0.1, -0.05) is 37.8 Å². The van der Waals surface area contributed by atoms with Crippen LogP contribution in [0.2, 0.25) is 5.15 Å². The van der Waals surface area contributed by atoms with Gasteiger partial charge in [0.25, 0.3) is 0 Å². The molecule has 1 heterocycles. The van der Waals surface area contributed by atoms with Crippen molar-refractivity contribution in [3.05, 3.63) is 23.5 Å². The Balaban J connectivity index is 1.99. The Bertz CT molecular complexity index is 516. The van der Waals surface area contributed by atoms with Gasteiger partial charge in [0, 0.05) is 12.7 Å². The molecule has 4 nitrogen and oxygen atoms in total. The lowest BCUT2D eigenvalue weighted by Crippen LogP contribution is -2.33. The van der Waals surface area contributed by atoms with E-state index in [-0.39, 0.29) is 4.90 Å². The van der Waals surface area contributed by atoms with Gasteiger partial charge >= 0.3 is 0 Å². The molecule has 2 atom stereocenters. The zero-order valence-corrected chi connectivity index (χ0v) is 12.5. The normalized spacial score (nSPS) is 24.3. The van der Waals surface area contributed by atoms with Gasteiger partial charge in [-0.25, -0.2) is 18.1 Å². The van der Waals surface area contributed by atoms with Crippen molar-refractivity contribution in [2.24, 2.45) is 11.8 Å². The van der Waals surface area contributed by atoms with E-state index in [1.165, 1.54) is 37.6 Å². The summed E-state index contributed by atoms with van der Waals surface area (Å²) in [5.74, 6) is 1.02. The topological polar surface area (TPSA) is 59.1 Å². The van der Waals surface area contributed by atoms with Crippen LogP contribution >= 0.6 is 11.6 Å². The second-order valence-corrected chi connectivity index (χ2v) is 7.34. The first-order chi connectivity index (χ1) is 8.99. The summed E-state index contributed by atoms with van der Waals surface area (Å²) in [6.07, 6.45) is 6.02. The van der Waals surface area contributed by atoms with Crippen LogP contribution in [0.25, 0.3) is 0 Å². The summed E-state index contributed by atoms with van der Waals surface area (Å²) in [6, 6.07) is 2.96. The highest BCUT2D eigenvalue weighted by atomic mass is 35.5. The Kier molecular flexibility index (Phi) is 4.81. The van der Waals surface area contributed by atoms with E-state index in [2.05, 4.69) is 16.6 Å². The molecule has 1 aromatic rings. The zero-order valence-electron chi connectivity index (χ0n) is 11.0. The Hall–Kier alpha value is -0.650. The molecule has 2 rings (SSSR count). The Morgan fingerprint density at radius 1 is 1.37 bits per heavy atom. The summed E-state index contributed by atoms with van der Waals surface area (Å²) in [5.41, 5.74) is 0. The van der Waals surface area contributed by atoms with Crippen molar-refractivity contribution < 1.29 is 8.42 Å². The van der Waals surface area contributed by atoms with Gasteiger partial charge in [-0.2, -0.15) is 0 Å². The number of hydrogen-bond acceptors (Lipinski definition) is 3. The predicted octanol–water partition coefficient (Wildman–Crippen LogP) is 2.84. The van der Waals surface area contributed by atoms with Crippen molar-refractivity contribution >= 4 is 21.6 Å². The fourth-order valence-corrected chi connectivity index (χ4v) is 3.67. The van der Waals surface area contributed by atoms with E-state index < -0.39 is 10.0 Å². The first kappa shape index (κ1) is 14.8. The average Bonchev–Trinajstić information content (AvgIpc) is 2.38. The third kappa shape index (κ3) is 3.91. The lowest BCUT2D eigenvalue weighted by atomic mass is 9.81. The number of pyridine rings is 1. The van der Waals surface area contributed by atoms with E-state index in [9.17, 15) is 8.42 Å². The van der Waals surface area contributed by atoms with Crippen LogP contribution in [0.3, 0.4) is 0 Å². The van der Waals surface area contributed by atoms with Crippen LogP contribution in [0.4, 0.5) is 0 Å². The molecule has 1 saturated carbocycles. The monoisotopic (exact) mass is 302 g/mol. The summed E-state index contributed by atoms with van der Waals surface area (Å²) in [7, 11) is -3.47. The third-order valence-electron chi connectivity index (χ3n) is 3.84. The minimum absolute atomic E-state index is 0.167.